The number of amides is 1. The standard InChI is InChI=1S/C22H26ClFN4O3/c1-10-11(2)25-19-16-15(10)17(24)18(23)26-20(16)30-9-14-13-7-6-12(8-27(14)19)28(13)21(29)31-22(3,4)5/h12-14H,6-9H2,1-5H3. The number of piperazine rings is 1. The van der Waals surface area contributed by atoms with Gasteiger partial charge in [-0.15, -0.1) is 0 Å². The zero-order chi connectivity index (χ0) is 22.2. The van der Waals surface area contributed by atoms with Crippen LogP contribution >= 0.6 is 11.6 Å². The van der Waals surface area contributed by atoms with Crippen molar-refractivity contribution in [1.29, 1.82) is 0 Å². The molecule has 2 bridgehead atoms. The molecule has 7 nitrogen and oxygen atoms in total. The fraction of sp³-hybridized carbons (Fsp3) is 0.591. The summed E-state index contributed by atoms with van der Waals surface area (Å²) in [4.78, 5) is 26.0. The average molecular weight is 449 g/mol. The molecule has 3 atom stereocenters. The van der Waals surface area contributed by atoms with Crippen LogP contribution in [0.4, 0.5) is 15.0 Å². The quantitative estimate of drug-likeness (QED) is 0.557. The van der Waals surface area contributed by atoms with E-state index in [4.69, 9.17) is 26.1 Å². The number of fused-ring (bicyclic) bond motifs is 5. The van der Waals surface area contributed by atoms with Gasteiger partial charge in [-0.1, -0.05) is 11.6 Å². The second-order valence-corrected chi connectivity index (χ2v) is 9.99. The summed E-state index contributed by atoms with van der Waals surface area (Å²) in [6.45, 7) is 10.2. The predicted molar refractivity (Wildman–Crippen MR) is 115 cm³/mol. The minimum Gasteiger partial charge on any atom is -0.475 e. The number of rotatable bonds is 0. The van der Waals surface area contributed by atoms with Gasteiger partial charge in [-0.3, -0.25) is 4.90 Å². The first-order chi connectivity index (χ1) is 14.6. The minimum absolute atomic E-state index is 0.00113. The number of ether oxygens (including phenoxy) is 2. The van der Waals surface area contributed by atoms with E-state index in [1.807, 2.05) is 39.5 Å². The molecule has 2 fully saturated rings. The van der Waals surface area contributed by atoms with Crippen molar-refractivity contribution < 1.29 is 18.7 Å². The van der Waals surface area contributed by atoms with Crippen LogP contribution in [0.15, 0.2) is 0 Å². The van der Waals surface area contributed by atoms with Gasteiger partial charge in [-0.25, -0.2) is 14.2 Å². The molecule has 0 saturated carbocycles. The van der Waals surface area contributed by atoms with Crippen molar-refractivity contribution in [2.75, 3.05) is 18.1 Å². The number of hydrogen-bond acceptors (Lipinski definition) is 6. The highest BCUT2D eigenvalue weighted by molar-refractivity contribution is 6.30. The Hall–Kier alpha value is -2.35. The predicted octanol–water partition coefficient (Wildman–Crippen LogP) is 4.39. The number of aryl methyl sites for hydroxylation is 2. The molecule has 9 heteroatoms. The molecular weight excluding hydrogens is 423 g/mol. The van der Waals surface area contributed by atoms with E-state index in [-0.39, 0.29) is 29.4 Å². The largest absolute Gasteiger partial charge is 0.475 e. The summed E-state index contributed by atoms with van der Waals surface area (Å²) in [6.07, 6.45) is 1.43. The monoisotopic (exact) mass is 448 g/mol. The second kappa shape index (κ2) is 6.82. The maximum absolute atomic E-state index is 15.0. The summed E-state index contributed by atoms with van der Waals surface area (Å²) < 4.78 is 26.8. The third kappa shape index (κ3) is 3.10. The van der Waals surface area contributed by atoms with Gasteiger partial charge < -0.3 is 14.4 Å². The maximum Gasteiger partial charge on any atom is 0.410 e. The van der Waals surface area contributed by atoms with Gasteiger partial charge in [0.1, 0.15) is 18.0 Å². The first-order valence-corrected chi connectivity index (χ1v) is 11.0. The van der Waals surface area contributed by atoms with Crippen molar-refractivity contribution in [3.8, 4) is 5.88 Å². The number of hydrogen-bond donors (Lipinski definition) is 0. The molecule has 166 valence electrons. The molecule has 31 heavy (non-hydrogen) atoms. The van der Waals surface area contributed by atoms with E-state index in [2.05, 4.69) is 9.88 Å². The van der Waals surface area contributed by atoms with Gasteiger partial charge in [0.25, 0.3) is 0 Å². The summed E-state index contributed by atoms with van der Waals surface area (Å²) >= 11 is 6.10. The van der Waals surface area contributed by atoms with E-state index < -0.39 is 11.4 Å². The lowest BCUT2D eigenvalue weighted by molar-refractivity contribution is 0.00540. The summed E-state index contributed by atoms with van der Waals surface area (Å²) in [5.74, 6) is 0.391. The molecular formula is C22H26ClFN4O3. The van der Waals surface area contributed by atoms with Crippen LogP contribution in [-0.4, -0.2) is 57.8 Å². The Morgan fingerprint density at radius 2 is 1.94 bits per heavy atom. The number of aromatic nitrogens is 2. The van der Waals surface area contributed by atoms with Crippen molar-refractivity contribution in [1.82, 2.24) is 14.9 Å². The molecule has 2 aromatic heterocycles. The van der Waals surface area contributed by atoms with Gasteiger partial charge in [0.15, 0.2) is 11.0 Å². The fourth-order valence-electron chi connectivity index (χ4n) is 5.11. The van der Waals surface area contributed by atoms with Crippen LogP contribution in [0.2, 0.25) is 5.15 Å². The number of pyridine rings is 2. The lowest BCUT2D eigenvalue weighted by Gasteiger charge is -2.46. The molecule has 5 rings (SSSR count). The molecule has 0 aromatic carbocycles. The lowest BCUT2D eigenvalue weighted by atomic mass is 10.0. The number of nitrogens with zero attached hydrogens (tertiary/aromatic N) is 4. The Morgan fingerprint density at radius 3 is 2.65 bits per heavy atom. The molecule has 2 saturated heterocycles. The molecule has 3 aliphatic rings. The fourth-order valence-corrected chi connectivity index (χ4v) is 5.28. The molecule has 0 spiro atoms. The topological polar surface area (TPSA) is 67.8 Å². The van der Waals surface area contributed by atoms with E-state index in [1.54, 1.807) is 0 Å². The average Bonchev–Trinajstić information content (AvgIpc) is 2.92. The Kier molecular flexibility index (Phi) is 4.52. The van der Waals surface area contributed by atoms with E-state index >= 15 is 4.39 Å². The summed E-state index contributed by atoms with van der Waals surface area (Å²) in [5, 5.41) is 0.747. The SMILES string of the molecule is Cc1nc2c3c(nc(Cl)c(F)c3c1C)OCC1C3CCC(CN21)N3C(=O)OC(C)(C)C. The molecule has 3 aliphatic heterocycles. The van der Waals surface area contributed by atoms with E-state index in [0.29, 0.717) is 35.6 Å². The van der Waals surface area contributed by atoms with Crippen LogP contribution in [-0.2, 0) is 4.74 Å². The van der Waals surface area contributed by atoms with Gasteiger partial charge in [0.05, 0.1) is 23.5 Å². The van der Waals surface area contributed by atoms with E-state index in [9.17, 15) is 4.79 Å². The molecule has 3 unspecified atom stereocenters. The maximum atomic E-state index is 15.0. The lowest BCUT2D eigenvalue weighted by Crippen LogP contribution is -2.63. The first kappa shape index (κ1) is 20.5. The number of anilines is 1. The summed E-state index contributed by atoms with van der Waals surface area (Å²) in [5.41, 5.74) is 0.889. The minimum atomic E-state index is -0.566. The number of halogens is 2. The van der Waals surface area contributed by atoms with E-state index in [0.717, 1.165) is 24.1 Å². The highest BCUT2D eigenvalue weighted by Crippen LogP contribution is 2.45. The van der Waals surface area contributed by atoms with Crippen molar-refractivity contribution in [2.24, 2.45) is 0 Å². The highest BCUT2D eigenvalue weighted by atomic mass is 35.5. The third-order valence-corrected chi connectivity index (χ3v) is 6.79. The molecule has 0 N–H and O–H groups in total. The zero-order valence-electron chi connectivity index (χ0n) is 18.3. The van der Waals surface area contributed by atoms with Crippen LogP contribution in [0.25, 0.3) is 10.8 Å². The van der Waals surface area contributed by atoms with Crippen LogP contribution in [0.3, 0.4) is 0 Å². The highest BCUT2D eigenvalue weighted by Gasteiger charge is 2.51. The Labute approximate surface area is 185 Å². The van der Waals surface area contributed by atoms with E-state index in [1.165, 1.54) is 0 Å². The van der Waals surface area contributed by atoms with Crippen LogP contribution < -0.4 is 9.64 Å². The normalized spacial score (nSPS) is 24.7. The van der Waals surface area contributed by atoms with Crippen LogP contribution in [0.1, 0.15) is 44.9 Å². The van der Waals surface area contributed by atoms with Crippen molar-refractivity contribution in [3.63, 3.8) is 0 Å². The van der Waals surface area contributed by atoms with Crippen molar-refractivity contribution in [3.05, 3.63) is 22.2 Å². The van der Waals surface area contributed by atoms with Gasteiger partial charge in [-0.2, -0.15) is 4.98 Å². The smallest absolute Gasteiger partial charge is 0.410 e. The molecule has 0 aliphatic carbocycles. The second-order valence-electron chi connectivity index (χ2n) is 9.63. The van der Waals surface area contributed by atoms with Crippen LogP contribution in [0, 0.1) is 19.7 Å². The van der Waals surface area contributed by atoms with Gasteiger partial charge in [0.2, 0.25) is 5.88 Å². The molecule has 5 heterocycles. The van der Waals surface area contributed by atoms with Crippen molar-refractivity contribution >= 4 is 34.3 Å². The van der Waals surface area contributed by atoms with Crippen molar-refractivity contribution in [2.45, 2.75) is 71.2 Å². The molecule has 0 radical (unpaired) electrons. The van der Waals surface area contributed by atoms with Gasteiger partial charge in [0, 0.05) is 17.6 Å². The van der Waals surface area contributed by atoms with Crippen LogP contribution in [0.5, 0.6) is 5.88 Å². The Morgan fingerprint density at radius 1 is 1.19 bits per heavy atom. The molecule has 2 aromatic rings. The third-order valence-electron chi connectivity index (χ3n) is 6.54. The first-order valence-electron chi connectivity index (χ1n) is 10.6. The zero-order valence-corrected chi connectivity index (χ0v) is 19.1. The molecule has 1 amide bonds. The number of carbonyl (C=O) groups excluding carboxylic acids is 1. The van der Waals surface area contributed by atoms with Gasteiger partial charge >= 0.3 is 6.09 Å². The summed E-state index contributed by atoms with van der Waals surface area (Å²) in [7, 11) is 0. The Balaban J connectivity index is 1.62. The van der Waals surface area contributed by atoms with Gasteiger partial charge in [-0.05, 0) is 53.0 Å². The summed E-state index contributed by atoms with van der Waals surface area (Å²) in [6, 6.07) is -0.219. The number of carbonyl (C=O) groups is 1. The Bertz CT molecular complexity index is 1090.